The molecule has 6 heteroatoms. The highest BCUT2D eigenvalue weighted by Crippen LogP contribution is 2.18. The molecule has 6 nitrogen and oxygen atoms in total. The summed E-state index contributed by atoms with van der Waals surface area (Å²) in [6, 6.07) is 16.4. The second kappa shape index (κ2) is 6.26. The van der Waals surface area contributed by atoms with Crippen molar-refractivity contribution in [2.75, 3.05) is 23.7 Å². The zero-order valence-electron chi connectivity index (χ0n) is 12.9. The minimum atomic E-state index is 0.434. The number of fused-ring (bicyclic) bond motifs is 1. The lowest BCUT2D eigenvalue weighted by Gasteiger charge is -2.24. The van der Waals surface area contributed by atoms with Crippen molar-refractivity contribution in [2.45, 2.75) is 18.9 Å². The third-order valence-corrected chi connectivity index (χ3v) is 4.04. The van der Waals surface area contributed by atoms with E-state index in [1.54, 1.807) is 0 Å². The average molecular weight is 308 g/mol. The number of rotatable bonds is 4. The highest BCUT2D eigenvalue weighted by atomic mass is 15.4. The molecule has 0 radical (unpaired) electrons. The summed E-state index contributed by atoms with van der Waals surface area (Å²) in [6.45, 7) is 2.09. The molecule has 3 aromatic rings. The molecule has 1 atom stereocenters. The zero-order valence-corrected chi connectivity index (χ0v) is 12.9. The van der Waals surface area contributed by atoms with Gasteiger partial charge in [0.05, 0.1) is 0 Å². The maximum atomic E-state index is 4.58. The van der Waals surface area contributed by atoms with Crippen molar-refractivity contribution >= 4 is 23.1 Å². The molecule has 0 aliphatic carbocycles. The molecule has 3 N–H and O–H groups in total. The van der Waals surface area contributed by atoms with Gasteiger partial charge in [-0.1, -0.05) is 24.3 Å². The Hall–Kier alpha value is -2.60. The number of hydrogen-bond acceptors (Lipinski definition) is 5. The van der Waals surface area contributed by atoms with Crippen molar-refractivity contribution < 1.29 is 0 Å². The van der Waals surface area contributed by atoms with Gasteiger partial charge in [0.15, 0.2) is 5.65 Å². The molecular weight excluding hydrogens is 288 g/mol. The summed E-state index contributed by atoms with van der Waals surface area (Å²) in [4.78, 5) is 4.55. The van der Waals surface area contributed by atoms with Gasteiger partial charge < -0.3 is 16.0 Å². The lowest BCUT2D eigenvalue weighted by molar-refractivity contribution is 0.478. The van der Waals surface area contributed by atoms with E-state index in [4.69, 9.17) is 0 Å². The van der Waals surface area contributed by atoms with Gasteiger partial charge in [-0.25, -0.2) is 0 Å². The van der Waals surface area contributed by atoms with E-state index in [2.05, 4.69) is 26.0 Å². The quantitative estimate of drug-likeness (QED) is 0.691. The van der Waals surface area contributed by atoms with Crippen LogP contribution < -0.4 is 16.0 Å². The Labute approximate surface area is 134 Å². The van der Waals surface area contributed by atoms with Crippen molar-refractivity contribution in [2.24, 2.45) is 0 Å². The number of pyridine rings is 1. The Bertz CT molecular complexity index is 776. The zero-order chi connectivity index (χ0) is 15.5. The first-order valence-corrected chi connectivity index (χ1v) is 8.04. The van der Waals surface area contributed by atoms with Gasteiger partial charge in [0, 0.05) is 18.3 Å². The summed E-state index contributed by atoms with van der Waals surface area (Å²) >= 11 is 0. The SMILES string of the molecule is c1ccc(Nc2nc3cccc(N[C@H]4CCCNC4)n3n2)cc1. The van der Waals surface area contributed by atoms with E-state index >= 15 is 0 Å². The Morgan fingerprint density at radius 1 is 1.09 bits per heavy atom. The van der Waals surface area contributed by atoms with E-state index in [1.165, 1.54) is 12.8 Å². The Morgan fingerprint density at radius 3 is 2.83 bits per heavy atom. The van der Waals surface area contributed by atoms with E-state index in [-0.39, 0.29) is 0 Å². The van der Waals surface area contributed by atoms with E-state index in [1.807, 2.05) is 53.0 Å². The van der Waals surface area contributed by atoms with Crippen molar-refractivity contribution in [3.05, 3.63) is 48.5 Å². The molecule has 1 aromatic carbocycles. The number of piperidine rings is 1. The number of aromatic nitrogens is 3. The van der Waals surface area contributed by atoms with E-state index < -0.39 is 0 Å². The number of nitrogens with one attached hydrogen (secondary N) is 3. The summed E-state index contributed by atoms with van der Waals surface area (Å²) in [5.41, 5.74) is 1.81. The number of hydrogen-bond donors (Lipinski definition) is 3. The highest BCUT2D eigenvalue weighted by molar-refractivity contribution is 5.57. The number of para-hydroxylation sites is 1. The van der Waals surface area contributed by atoms with Gasteiger partial charge in [-0.05, 0) is 43.7 Å². The van der Waals surface area contributed by atoms with Gasteiger partial charge in [0.2, 0.25) is 5.95 Å². The standard InChI is InChI=1S/C17H20N6/c1-2-6-13(7-3-1)20-17-21-16-10-4-9-15(23(16)22-17)19-14-8-5-11-18-12-14/h1-4,6-7,9-10,14,18-19H,5,8,11-12H2,(H,20,22)/t14-/m0/s1. The van der Waals surface area contributed by atoms with E-state index in [0.29, 0.717) is 12.0 Å². The molecule has 0 saturated carbocycles. The molecule has 0 amide bonds. The minimum absolute atomic E-state index is 0.434. The first kappa shape index (κ1) is 14.0. The molecule has 1 aliphatic rings. The molecule has 0 spiro atoms. The summed E-state index contributed by atoms with van der Waals surface area (Å²) in [6.07, 6.45) is 2.37. The predicted octanol–water partition coefficient (Wildman–Crippen LogP) is 2.64. The lowest BCUT2D eigenvalue weighted by atomic mass is 10.1. The van der Waals surface area contributed by atoms with Gasteiger partial charge in [-0.2, -0.15) is 9.50 Å². The van der Waals surface area contributed by atoms with Crippen LogP contribution in [0.5, 0.6) is 0 Å². The van der Waals surface area contributed by atoms with Crippen molar-refractivity contribution in [1.29, 1.82) is 0 Å². The molecule has 1 saturated heterocycles. The fraction of sp³-hybridized carbons (Fsp3) is 0.294. The van der Waals surface area contributed by atoms with Gasteiger partial charge in [0.1, 0.15) is 5.82 Å². The van der Waals surface area contributed by atoms with Crippen molar-refractivity contribution in [1.82, 2.24) is 19.9 Å². The molecular formula is C17H20N6. The molecule has 118 valence electrons. The summed E-state index contributed by atoms with van der Waals surface area (Å²) in [5, 5.41) is 14.8. The van der Waals surface area contributed by atoms with Gasteiger partial charge in [0.25, 0.3) is 0 Å². The molecule has 23 heavy (non-hydrogen) atoms. The predicted molar refractivity (Wildman–Crippen MR) is 92.2 cm³/mol. The Balaban J connectivity index is 1.59. The third-order valence-electron chi connectivity index (χ3n) is 4.04. The van der Waals surface area contributed by atoms with E-state index in [9.17, 15) is 0 Å². The Morgan fingerprint density at radius 2 is 2.00 bits per heavy atom. The Kier molecular flexibility index (Phi) is 3.81. The highest BCUT2D eigenvalue weighted by Gasteiger charge is 2.14. The van der Waals surface area contributed by atoms with Crippen LogP contribution in [0.25, 0.3) is 5.65 Å². The molecule has 1 fully saturated rings. The topological polar surface area (TPSA) is 66.3 Å². The third kappa shape index (κ3) is 3.12. The largest absolute Gasteiger partial charge is 0.366 e. The van der Waals surface area contributed by atoms with Crippen LogP contribution in [0.4, 0.5) is 17.5 Å². The number of anilines is 3. The first-order valence-electron chi connectivity index (χ1n) is 8.04. The fourth-order valence-corrected chi connectivity index (χ4v) is 2.90. The molecule has 3 heterocycles. The van der Waals surface area contributed by atoms with Crippen LogP contribution in [-0.4, -0.2) is 33.7 Å². The summed E-state index contributed by atoms with van der Waals surface area (Å²) in [5.74, 6) is 1.58. The van der Waals surface area contributed by atoms with Crippen LogP contribution in [0.2, 0.25) is 0 Å². The maximum Gasteiger partial charge on any atom is 0.247 e. The molecule has 0 bridgehead atoms. The molecule has 0 unspecified atom stereocenters. The van der Waals surface area contributed by atoms with Crippen LogP contribution in [0.3, 0.4) is 0 Å². The molecule has 4 rings (SSSR count). The van der Waals surface area contributed by atoms with Crippen molar-refractivity contribution in [3.8, 4) is 0 Å². The van der Waals surface area contributed by atoms with Gasteiger partial charge >= 0.3 is 0 Å². The smallest absolute Gasteiger partial charge is 0.247 e. The van der Waals surface area contributed by atoms with Crippen LogP contribution in [0, 0.1) is 0 Å². The summed E-state index contributed by atoms with van der Waals surface area (Å²) in [7, 11) is 0. The summed E-state index contributed by atoms with van der Waals surface area (Å²) < 4.78 is 1.86. The fourth-order valence-electron chi connectivity index (χ4n) is 2.90. The molecule has 1 aliphatic heterocycles. The van der Waals surface area contributed by atoms with Crippen LogP contribution in [-0.2, 0) is 0 Å². The first-order chi connectivity index (χ1) is 11.4. The second-order valence-corrected chi connectivity index (χ2v) is 5.80. The van der Waals surface area contributed by atoms with Gasteiger partial charge in [-0.15, -0.1) is 5.10 Å². The van der Waals surface area contributed by atoms with Crippen LogP contribution in [0.1, 0.15) is 12.8 Å². The maximum absolute atomic E-state index is 4.58. The van der Waals surface area contributed by atoms with Crippen LogP contribution >= 0.6 is 0 Å². The van der Waals surface area contributed by atoms with E-state index in [0.717, 1.165) is 30.2 Å². The minimum Gasteiger partial charge on any atom is -0.366 e. The second-order valence-electron chi connectivity index (χ2n) is 5.80. The van der Waals surface area contributed by atoms with Crippen molar-refractivity contribution in [3.63, 3.8) is 0 Å². The monoisotopic (exact) mass is 308 g/mol. The number of nitrogens with zero attached hydrogens (tertiary/aromatic N) is 3. The van der Waals surface area contributed by atoms with Gasteiger partial charge in [-0.3, -0.25) is 0 Å². The molecule has 2 aromatic heterocycles. The lowest BCUT2D eigenvalue weighted by Crippen LogP contribution is -2.38. The van der Waals surface area contributed by atoms with Crippen LogP contribution in [0.15, 0.2) is 48.5 Å². The number of benzene rings is 1. The average Bonchev–Trinajstić information content (AvgIpc) is 3.00. The normalized spacial score (nSPS) is 18.0.